The summed E-state index contributed by atoms with van der Waals surface area (Å²) >= 11 is 0. The van der Waals surface area contributed by atoms with E-state index < -0.39 is 65.3 Å². The molecule has 5 N–H and O–H groups in total. The molecule has 0 aromatic carbocycles. The molecule has 14 nitrogen and oxygen atoms in total. The number of guanidine groups is 1. The summed E-state index contributed by atoms with van der Waals surface area (Å²) in [4.78, 5) is 32.2. The Hall–Kier alpha value is -2.46. The third-order valence-electron chi connectivity index (χ3n) is 4.28. The fourth-order valence-corrected chi connectivity index (χ4v) is 3.69. The first-order chi connectivity index (χ1) is 13.6. The second-order valence-corrected chi connectivity index (χ2v) is 7.79. The number of aliphatic hydroxyl groups excluding tert-OH is 2. The molecule has 0 aromatic rings. The molecule has 1 fully saturated rings. The number of hydrogen-bond acceptors (Lipinski definition) is 11. The van der Waals surface area contributed by atoms with Crippen molar-refractivity contribution in [3.63, 3.8) is 0 Å². The van der Waals surface area contributed by atoms with Gasteiger partial charge in [0.25, 0.3) is 5.91 Å². The molecule has 3 rings (SSSR count). The lowest BCUT2D eigenvalue weighted by Gasteiger charge is -2.28. The maximum absolute atomic E-state index is 11.9. The van der Waals surface area contributed by atoms with E-state index in [1.54, 1.807) is 11.6 Å². The zero-order chi connectivity index (χ0) is 21.3. The SMILES string of the molecule is CCCC(=O)NS(=O)(=O)OC[C@H]1O[C@@H](N2C=NC3C(=O)NC(=N)N=C32)[C@@H](O)C1O. The number of carbonyl (C=O) groups is 2. The summed E-state index contributed by atoms with van der Waals surface area (Å²) in [5, 5.41) is 30.2. The average Bonchev–Trinajstić information content (AvgIpc) is 3.15. The number of amidine groups is 1. The number of nitrogens with one attached hydrogen (secondary N) is 3. The number of aliphatic imine (C=N–C) groups is 2. The van der Waals surface area contributed by atoms with Crippen LogP contribution in [-0.2, 0) is 28.8 Å². The van der Waals surface area contributed by atoms with Gasteiger partial charge in [-0.2, -0.15) is 13.4 Å². The summed E-state index contributed by atoms with van der Waals surface area (Å²) in [6, 6.07) is -1.03. The first kappa shape index (κ1) is 21.3. The molecule has 3 aliphatic rings. The highest BCUT2D eigenvalue weighted by Gasteiger charge is 2.50. The van der Waals surface area contributed by atoms with Crippen LogP contribution in [0.1, 0.15) is 19.8 Å². The molecule has 5 atom stereocenters. The Morgan fingerprint density at radius 1 is 1.45 bits per heavy atom. The number of hydrogen-bond donors (Lipinski definition) is 5. The van der Waals surface area contributed by atoms with E-state index in [0.717, 1.165) is 0 Å². The van der Waals surface area contributed by atoms with Gasteiger partial charge in [0.05, 0.1) is 12.9 Å². The Labute approximate surface area is 165 Å². The molecule has 1 saturated heterocycles. The van der Waals surface area contributed by atoms with Crippen LogP contribution in [-0.4, -0.2) is 90.7 Å². The van der Waals surface area contributed by atoms with E-state index in [1.165, 1.54) is 11.2 Å². The van der Waals surface area contributed by atoms with E-state index in [0.29, 0.717) is 6.42 Å². The molecular weight excluding hydrogens is 412 g/mol. The van der Waals surface area contributed by atoms with Crippen molar-refractivity contribution in [3.05, 3.63) is 0 Å². The quantitative estimate of drug-likeness (QED) is 0.274. The number of nitrogens with zero attached hydrogens (tertiary/aromatic N) is 3. The predicted molar refractivity (Wildman–Crippen MR) is 96.0 cm³/mol. The lowest BCUT2D eigenvalue weighted by atomic mass is 10.1. The summed E-state index contributed by atoms with van der Waals surface area (Å²) < 4.78 is 35.4. The van der Waals surface area contributed by atoms with Crippen molar-refractivity contribution in [1.29, 1.82) is 5.41 Å². The first-order valence-corrected chi connectivity index (χ1v) is 10.0. The third-order valence-corrected chi connectivity index (χ3v) is 5.20. The normalized spacial score (nSPS) is 31.5. The van der Waals surface area contributed by atoms with Gasteiger partial charge in [-0.3, -0.25) is 34.4 Å². The molecule has 0 aliphatic carbocycles. The standard InChI is InChI=1S/C14H20N6O8S/c1-2-3-7(21)19-29(25,26)27-4-6-9(22)10(23)13(28-6)20-5-16-8-11(20)17-14(15)18-12(8)24/h5-6,8-10,13,22-23H,2-4H2,1H3,(H,19,21)(H2,15,18,24)/t6-,8?,9?,10+,13-/m1/s1. The second-order valence-electron chi connectivity index (χ2n) is 6.44. The van der Waals surface area contributed by atoms with E-state index in [1.807, 2.05) is 0 Å². The minimum atomic E-state index is -4.42. The first-order valence-electron chi connectivity index (χ1n) is 8.64. The number of aliphatic hydroxyl groups is 2. The summed E-state index contributed by atoms with van der Waals surface area (Å²) in [7, 11) is -4.42. The number of fused-ring (bicyclic) bond motifs is 1. The Kier molecular flexibility index (Phi) is 5.95. The fraction of sp³-hybridized carbons (Fsp3) is 0.643. The van der Waals surface area contributed by atoms with E-state index in [4.69, 9.17) is 10.1 Å². The Morgan fingerprint density at radius 2 is 2.17 bits per heavy atom. The highest BCUT2D eigenvalue weighted by Crippen LogP contribution is 2.27. The maximum atomic E-state index is 11.9. The minimum Gasteiger partial charge on any atom is -0.387 e. The molecule has 3 heterocycles. The summed E-state index contributed by atoms with van der Waals surface area (Å²) in [6.45, 7) is 1.02. The monoisotopic (exact) mass is 432 g/mol. The molecule has 3 aliphatic heterocycles. The molecule has 0 bridgehead atoms. The van der Waals surface area contributed by atoms with Crippen molar-refractivity contribution in [2.75, 3.05) is 6.61 Å². The van der Waals surface area contributed by atoms with Crippen LogP contribution in [0.4, 0.5) is 0 Å². The van der Waals surface area contributed by atoms with E-state index in [2.05, 4.69) is 19.5 Å². The number of rotatable bonds is 7. The molecule has 15 heteroatoms. The number of amides is 2. The largest absolute Gasteiger partial charge is 0.387 e. The molecule has 160 valence electrons. The third kappa shape index (κ3) is 4.43. The lowest BCUT2D eigenvalue weighted by Crippen LogP contribution is -2.53. The molecule has 0 spiro atoms. The highest BCUT2D eigenvalue weighted by atomic mass is 32.2. The molecule has 2 unspecified atom stereocenters. The van der Waals surface area contributed by atoms with Crippen LogP contribution >= 0.6 is 0 Å². The highest BCUT2D eigenvalue weighted by molar-refractivity contribution is 7.85. The molecule has 0 radical (unpaired) electrons. The molecular formula is C14H20N6O8S. The average molecular weight is 432 g/mol. The van der Waals surface area contributed by atoms with Crippen molar-refractivity contribution in [2.45, 2.75) is 50.3 Å². The molecule has 0 saturated carbocycles. The number of ether oxygens (including phenoxy) is 1. The van der Waals surface area contributed by atoms with Crippen LogP contribution in [0.2, 0.25) is 0 Å². The smallest absolute Gasteiger partial charge is 0.362 e. The minimum absolute atomic E-state index is 0.00785. The van der Waals surface area contributed by atoms with Gasteiger partial charge in [-0.1, -0.05) is 6.92 Å². The van der Waals surface area contributed by atoms with Crippen molar-refractivity contribution in [3.8, 4) is 0 Å². The summed E-state index contributed by atoms with van der Waals surface area (Å²) in [6.07, 6.45) is -3.96. The molecule has 0 aromatic heterocycles. The number of carbonyl (C=O) groups excluding carboxylic acids is 2. The Morgan fingerprint density at radius 3 is 2.86 bits per heavy atom. The Bertz CT molecular complexity index is 873. The van der Waals surface area contributed by atoms with Crippen molar-refractivity contribution >= 4 is 40.3 Å². The molecule has 29 heavy (non-hydrogen) atoms. The van der Waals surface area contributed by atoms with Gasteiger partial charge in [0.2, 0.25) is 11.9 Å². The van der Waals surface area contributed by atoms with Gasteiger partial charge in [-0.15, -0.1) is 0 Å². The van der Waals surface area contributed by atoms with Gasteiger partial charge in [0, 0.05) is 6.42 Å². The van der Waals surface area contributed by atoms with Gasteiger partial charge < -0.3 is 14.9 Å². The topological polar surface area (TPSA) is 203 Å². The van der Waals surface area contributed by atoms with Gasteiger partial charge >= 0.3 is 10.3 Å². The molecule has 2 amide bonds. The van der Waals surface area contributed by atoms with E-state index in [9.17, 15) is 28.2 Å². The van der Waals surface area contributed by atoms with Crippen LogP contribution in [0.15, 0.2) is 9.98 Å². The van der Waals surface area contributed by atoms with Crippen molar-refractivity contribution in [2.24, 2.45) is 9.98 Å². The summed E-state index contributed by atoms with van der Waals surface area (Å²) in [5.74, 6) is -1.72. The van der Waals surface area contributed by atoms with Gasteiger partial charge in [0.1, 0.15) is 18.3 Å². The fourth-order valence-electron chi connectivity index (χ4n) is 2.93. The van der Waals surface area contributed by atoms with Crippen LogP contribution < -0.4 is 10.0 Å². The van der Waals surface area contributed by atoms with E-state index in [-0.39, 0.29) is 12.3 Å². The predicted octanol–water partition coefficient (Wildman–Crippen LogP) is -3.21. The van der Waals surface area contributed by atoms with Crippen LogP contribution in [0.5, 0.6) is 0 Å². The van der Waals surface area contributed by atoms with Gasteiger partial charge in [-0.05, 0) is 6.42 Å². The Balaban J connectivity index is 1.65. The van der Waals surface area contributed by atoms with Crippen LogP contribution in [0.25, 0.3) is 0 Å². The van der Waals surface area contributed by atoms with Gasteiger partial charge in [-0.25, -0.2) is 4.72 Å². The summed E-state index contributed by atoms with van der Waals surface area (Å²) in [5.41, 5.74) is 0. The van der Waals surface area contributed by atoms with Crippen molar-refractivity contribution < 1.29 is 37.1 Å². The zero-order valence-corrected chi connectivity index (χ0v) is 16.0. The second kappa shape index (κ2) is 8.11. The zero-order valence-electron chi connectivity index (χ0n) is 15.2. The van der Waals surface area contributed by atoms with Crippen LogP contribution in [0.3, 0.4) is 0 Å². The van der Waals surface area contributed by atoms with Crippen molar-refractivity contribution in [1.82, 2.24) is 14.9 Å². The van der Waals surface area contributed by atoms with Crippen LogP contribution in [0, 0.1) is 5.41 Å². The maximum Gasteiger partial charge on any atom is 0.362 e. The van der Waals surface area contributed by atoms with E-state index >= 15 is 0 Å². The lowest BCUT2D eigenvalue weighted by molar-refractivity contribution is -0.120. The van der Waals surface area contributed by atoms with Gasteiger partial charge in [0.15, 0.2) is 18.1 Å².